The fraction of sp³-hybridized carbons (Fsp3) is 0.686. The van der Waals surface area contributed by atoms with Crippen LogP contribution in [0.15, 0.2) is 49.1 Å². The Kier molecular flexibility index (Phi) is 19.7. The maximum absolute atomic E-state index is 12.3. The van der Waals surface area contributed by atoms with Crippen molar-refractivity contribution in [1.82, 2.24) is 5.32 Å². The van der Waals surface area contributed by atoms with Crippen LogP contribution in [0.2, 0.25) is 0 Å². The molecule has 5 nitrogen and oxygen atoms in total. The Labute approximate surface area is 246 Å². The number of anilines is 1. The van der Waals surface area contributed by atoms with E-state index in [9.17, 15) is 4.79 Å². The second-order valence-corrected chi connectivity index (χ2v) is 11.6. The average Bonchev–Trinajstić information content (AvgIpc) is 2.97. The molecule has 2 aromatic rings. The van der Waals surface area contributed by atoms with Crippen LogP contribution in [0.3, 0.4) is 0 Å². The third-order valence-corrected chi connectivity index (χ3v) is 7.83. The Morgan fingerprint density at radius 3 is 1.52 bits per heavy atom. The lowest BCUT2D eigenvalue weighted by atomic mass is 10.1. The first-order valence-electron chi connectivity index (χ1n) is 16.7. The normalized spacial score (nSPS) is 11.1. The Balaban J connectivity index is 1.47. The fourth-order valence-corrected chi connectivity index (χ4v) is 5.18. The summed E-state index contributed by atoms with van der Waals surface area (Å²) in [4.78, 5) is 12.3. The lowest BCUT2D eigenvalue weighted by molar-refractivity contribution is -0.697. The minimum Gasteiger partial charge on any atom is -0.338 e. The quantitative estimate of drug-likeness (QED) is 0.0993. The largest absolute Gasteiger partial charge is 0.338 e. The first kappa shape index (κ1) is 33.8. The van der Waals surface area contributed by atoms with E-state index >= 15 is 0 Å². The van der Waals surface area contributed by atoms with Crippen LogP contribution in [0.1, 0.15) is 135 Å². The molecular formula is C35H60N4O+2. The summed E-state index contributed by atoms with van der Waals surface area (Å²) < 4.78 is 4.52. The van der Waals surface area contributed by atoms with Gasteiger partial charge in [0.1, 0.15) is 13.1 Å². The second-order valence-electron chi connectivity index (χ2n) is 11.6. The van der Waals surface area contributed by atoms with Crippen molar-refractivity contribution in [3.8, 4) is 0 Å². The maximum Gasteiger partial charge on any atom is 0.319 e. The van der Waals surface area contributed by atoms with Gasteiger partial charge in [-0.3, -0.25) is 0 Å². The molecule has 0 aliphatic rings. The zero-order valence-corrected chi connectivity index (χ0v) is 26.0. The molecule has 5 heteroatoms. The van der Waals surface area contributed by atoms with Gasteiger partial charge in [0.25, 0.3) is 0 Å². The van der Waals surface area contributed by atoms with Crippen molar-refractivity contribution in [2.24, 2.45) is 0 Å². The molecule has 0 aliphatic carbocycles. The SMILES string of the molecule is CCCCCCCCCC[n+]1ccc(CCCCNC(=O)Nc2cc[n+](CCCCCCCCCC)cc2)cc1. The second kappa shape index (κ2) is 23.3. The van der Waals surface area contributed by atoms with Crippen LogP contribution in [0.25, 0.3) is 0 Å². The Morgan fingerprint density at radius 2 is 1.02 bits per heavy atom. The summed E-state index contributed by atoms with van der Waals surface area (Å²) in [5, 5.41) is 5.95. The minimum atomic E-state index is -0.123. The van der Waals surface area contributed by atoms with Gasteiger partial charge in [0, 0.05) is 43.7 Å². The van der Waals surface area contributed by atoms with Gasteiger partial charge in [0.2, 0.25) is 0 Å². The van der Waals surface area contributed by atoms with Gasteiger partial charge in [-0.15, -0.1) is 0 Å². The summed E-state index contributed by atoms with van der Waals surface area (Å²) in [5.41, 5.74) is 2.22. The van der Waals surface area contributed by atoms with E-state index < -0.39 is 0 Å². The van der Waals surface area contributed by atoms with Crippen LogP contribution in [0.5, 0.6) is 0 Å². The van der Waals surface area contributed by atoms with Gasteiger partial charge in [0.15, 0.2) is 24.8 Å². The number of aromatic nitrogens is 2. The number of carbonyl (C=O) groups is 1. The van der Waals surface area contributed by atoms with Crippen LogP contribution in [0, 0.1) is 0 Å². The van der Waals surface area contributed by atoms with Crippen molar-refractivity contribution >= 4 is 11.7 Å². The fourth-order valence-electron chi connectivity index (χ4n) is 5.18. The smallest absolute Gasteiger partial charge is 0.319 e. The topological polar surface area (TPSA) is 48.9 Å². The molecule has 0 aromatic carbocycles. The molecule has 0 spiro atoms. The van der Waals surface area contributed by atoms with E-state index in [1.54, 1.807) is 0 Å². The summed E-state index contributed by atoms with van der Waals surface area (Å²) in [7, 11) is 0. The highest BCUT2D eigenvalue weighted by atomic mass is 16.2. The van der Waals surface area contributed by atoms with E-state index in [1.807, 2.05) is 12.1 Å². The minimum absolute atomic E-state index is 0.123. The van der Waals surface area contributed by atoms with E-state index in [4.69, 9.17) is 0 Å². The van der Waals surface area contributed by atoms with Crippen molar-refractivity contribution in [3.05, 3.63) is 54.6 Å². The van der Waals surface area contributed by atoms with Gasteiger partial charge in [-0.2, -0.15) is 0 Å². The molecule has 0 radical (unpaired) electrons. The number of amides is 2. The van der Waals surface area contributed by atoms with Crippen LogP contribution in [-0.4, -0.2) is 12.6 Å². The number of carbonyl (C=O) groups excluding carboxylic acids is 1. The van der Waals surface area contributed by atoms with Crippen LogP contribution < -0.4 is 19.8 Å². The van der Waals surface area contributed by atoms with Crippen molar-refractivity contribution in [3.63, 3.8) is 0 Å². The van der Waals surface area contributed by atoms with Crippen LogP contribution >= 0.6 is 0 Å². The predicted molar refractivity (Wildman–Crippen MR) is 168 cm³/mol. The molecule has 0 saturated heterocycles. The molecule has 0 unspecified atom stereocenters. The number of nitrogens with zero attached hydrogens (tertiary/aromatic N) is 2. The number of rotatable bonds is 24. The molecule has 224 valence electrons. The Bertz CT molecular complexity index is 866. The first-order chi connectivity index (χ1) is 19.7. The highest BCUT2D eigenvalue weighted by molar-refractivity contribution is 5.88. The summed E-state index contributed by atoms with van der Waals surface area (Å²) >= 11 is 0. The lowest BCUT2D eigenvalue weighted by Gasteiger charge is -2.07. The number of pyridine rings is 2. The maximum atomic E-state index is 12.3. The summed E-state index contributed by atoms with van der Waals surface area (Å²) in [6.45, 7) is 7.41. The number of unbranched alkanes of at least 4 members (excludes halogenated alkanes) is 15. The third kappa shape index (κ3) is 17.3. The van der Waals surface area contributed by atoms with Gasteiger partial charge in [-0.25, -0.2) is 13.9 Å². The molecule has 2 N–H and O–H groups in total. The van der Waals surface area contributed by atoms with Crippen molar-refractivity contribution in [2.75, 3.05) is 11.9 Å². The monoisotopic (exact) mass is 552 g/mol. The Hall–Kier alpha value is -2.43. The molecule has 2 heterocycles. The molecule has 0 fully saturated rings. The van der Waals surface area contributed by atoms with Gasteiger partial charge in [-0.1, -0.05) is 90.9 Å². The van der Waals surface area contributed by atoms with Crippen molar-refractivity contribution in [1.29, 1.82) is 0 Å². The van der Waals surface area contributed by atoms with E-state index in [1.165, 1.54) is 108 Å². The molecule has 0 atom stereocenters. The molecule has 0 saturated carbocycles. The van der Waals surface area contributed by atoms with Crippen LogP contribution in [-0.2, 0) is 19.5 Å². The third-order valence-electron chi connectivity index (χ3n) is 7.83. The predicted octanol–water partition coefficient (Wildman–Crippen LogP) is 8.69. The summed E-state index contributed by atoms with van der Waals surface area (Å²) in [5.74, 6) is 0. The molecule has 40 heavy (non-hydrogen) atoms. The van der Waals surface area contributed by atoms with Crippen LogP contribution in [0.4, 0.5) is 10.5 Å². The molecule has 0 bridgehead atoms. The standard InChI is InChI=1S/C35H58N4O/c1-3-5-7-9-11-13-15-19-27-38-29-22-33(23-30-38)21-17-18-26-36-35(40)37-34-24-31-39(32-25-34)28-20-16-14-12-10-8-6-4-2/h22-25,29-32H,3-21,26-28H2,1-2H3/p+2. The van der Waals surface area contributed by atoms with Gasteiger partial charge in [0.05, 0.1) is 5.69 Å². The van der Waals surface area contributed by atoms with E-state index in [0.717, 1.165) is 38.0 Å². The number of nitrogens with one attached hydrogen (secondary N) is 2. The highest BCUT2D eigenvalue weighted by Gasteiger charge is 2.06. The van der Waals surface area contributed by atoms with Gasteiger partial charge >= 0.3 is 6.03 Å². The van der Waals surface area contributed by atoms with Gasteiger partial charge in [-0.05, 0) is 37.7 Å². The molecule has 2 aromatic heterocycles. The average molecular weight is 553 g/mol. The lowest BCUT2D eigenvalue weighted by Crippen LogP contribution is -2.33. The van der Waals surface area contributed by atoms with Gasteiger partial charge < -0.3 is 10.6 Å². The number of aryl methyl sites for hydroxylation is 3. The molecular weight excluding hydrogens is 492 g/mol. The highest BCUT2D eigenvalue weighted by Crippen LogP contribution is 2.10. The zero-order valence-electron chi connectivity index (χ0n) is 26.0. The van der Waals surface area contributed by atoms with Crippen molar-refractivity contribution in [2.45, 2.75) is 149 Å². The number of hydrogen-bond donors (Lipinski definition) is 2. The van der Waals surface area contributed by atoms with Crippen molar-refractivity contribution < 1.29 is 13.9 Å². The summed E-state index contributed by atoms with van der Waals surface area (Å²) in [6.07, 6.45) is 33.3. The summed E-state index contributed by atoms with van der Waals surface area (Å²) in [6, 6.07) is 8.35. The first-order valence-corrected chi connectivity index (χ1v) is 16.7. The number of hydrogen-bond acceptors (Lipinski definition) is 1. The zero-order chi connectivity index (χ0) is 28.5. The Morgan fingerprint density at radius 1 is 0.575 bits per heavy atom. The van der Waals surface area contributed by atoms with E-state index in [-0.39, 0.29) is 6.03 Å². The van der Waals surface area contributed by atoms with E-state index in [0.29, 0.717) is 6.54 Å². The number of urea groups is 1. The molecule has 2 rings (SSSR count). The van der Waals surface area contributed by atoms with E-state index in [2.05, 4.69) is 70.5 Å². The molecule has 2 amide bonds. The molecule has 0 aliphatic heterocycles.